The van der Waals surface area contributed by atoms with Gasteiger partial charge in [0, 0.05) is 6.42 Å². The maximum absolute atomic E-state index is 13.4. The lowest BCUT2D eigenvalue weighted by Crippen LogP contribution is -2.56. The van der Waals surface area contributed by atoms with Crippen LogP contribution in [0.3, 0.4) is 0 Å². The minimum Gasteiger partial charge on any atom is -0.487 e. The molecular weight excluding hydrogens is 516 g/mol. The third-order valence-corrected chi connectivity index (χ3v) is 13.9. The number of esters is 1. The summed E-state index contributed by atoms with van der Waals surface area (Å²) in [5.41, 5.74) is 3.80. The Hall–Kier alpha value is -1.25. The second-order valence-corrected chi connectivity index (χ2v) is 16.9. The van der Waals surface area contributed by atoms with E-state index in [0.717, 1.165) is 67.3 Å². The van der Waals surface area contributed by atoms with Crippen LogP contribution in [0.2, 0.25) is 0 Å². The topological polar surface area (TPSA) is 35.5 Å². The zero-order valence-electron chi connectivity index (χ0n) is 28.7. The van der Waals surface area contributed by atoms with E-state index in [1.54, 1.807) is 5.57 Å². The highest BCUT2D eigenvalue weighted by molar-refractivity contribution is 5.87. The lowest BCUT2D eigenvalue weighted by molar-refractivity contribution is -0.153. The molecule has 5 aliphatic rings. The first kappa shape index (κ1) is 32.2. The van der Waals surface area contributed by atoms with Gasteiger partial charge < -0.3 is 9.47 Å². The molecule has 4 aliphatic carbocycles. The van der Waals surface area contributed by atoms with Gasteiger partial charge in [-0.15, -0.1) is 0 Å². The third-order valence-electron chi connectivity index (χ3n) is 13.9. The van der Waals surface area contributed by atoms with Crippen molar-refractivity contribution in [2.45, 2.75) is 158 Å². The molecule has 238 valence electrons. The molecule has 3 fully saturated rings. The Morgan fingerprint density at radius 2 is 1.74 bits per heavy atom. The number of ether oxygens (including phenoxy) is 2. The molecule has 3 saturated carbocycles. The predicted octanol–water partition coefficient (Wildman–Crippen LogP) is 10.8. The zero-order valence-corrected chi connectivity index (χ0v) is 28.7. The van der Waals surface area contributed by atoms with Crippen molar-refractivity contribution in [1.82, 2.24) is 0 Å². The second-order valence-electron chi connectivity index (χ2n) is 16.9. The number of carbonyl (C=O) groups excluding carboxylic acids is 1. The van der Waals surface area contributed by atoms with Crippen LogP contribution in [0.15, 0.2) is 23.0 Å². The quantitative estimate of drug-likeness (QED) is 0.222. The van der Waals surface area contributed by atoms with Crippen LogP contribution >= 0.6 is 0 Å². The molecule has 0 bridgehead atoms. The van der Waals surface area contributed by atoms with Gasteiger partial charge in [0.25, 0.3) is 0 Å². The Morgan fingerprint density at radius 1 is 0.952 bits per heavy atom. The molecule has 0 spiro atoms. The van der Waals surface area contributed by atoms with Crippen molar-refractivity contribution in [2.75, 3.05) is 6.61 Å². The van der Waals surface area contributed by atoms with Gasteiger partial charge in [0.2, 0.25) is 5.76 Å². The highest BCUT2D eigenvalue weighted by atomic mass is 16.6. The van der Waals surface area contributed by atoms with Gasteiger partial charge in [0.05, 0.1) is 6.61 Å². The highest BCUT2D eigenvalue weighted by Crippen LogP contribution is 2.72. The summed E-state index contributed by atoms with van der Waals surface area (Å²) in [6.07, 6.45) is 21.2. The molecule has 0 amide bonds. The molecule has 42 heavy (non-hydrogen) atoms. The van der Waals surface area contributed by atoms with Crippen molar-refractivity contribution in [3.63, 3.8) is 0 Å². The molecule has 5 rings (SSSR count). The van der Waals surface area contributed by atoms with Crippen LogP contribution in [-0.4, -0.2) is 18.7 Å². The van der Waals surface area contributed by atoms with Crippen molar-refractivity contribution < 1.29 is 14.3 Å². The van der Waals surface area contributed by atoms with Crippen LogP contribution in [0.5, 0.6) is 0 Å². The fourth-order valence-electron chi connectivity index (χ4n) is 11.3. The lowest BCUT2D eigenvalue weighted by Gasteiger charge is -2.63. The van der Waals surface area contributed by atoms with E-state index in [4.69, 9.17) is 9.47 Å². The van der Waals surface area contributed by atoms with Crippen molar-refractivity contribution in [1.29, 1.82) is 0 Å². The first-order valence-electron chi connectivity index (χ1n) is 18.1. The molecule has 0 radical (unpaired) electrons. The molecule has 0 aromatic rings. The zero-order chi connectivity index (χ0) is 30.3. The lowest BCUT2D eigenvalue weighted by atomic mass is 9.41. The van der Waals surface area contributed by atoms with Gasteiger partial charge in [-0.2, -0.15) is 0 Å². The Morgan fingerprint density at radius 3 is 2.50 bits per heavy atom. The van der Waals surface area contributed by atoms with E-state index in [1.807, 2.05) is 0 Å². The normalized spacial score (nSPS) is 43.1. The molecule has 1 unspecified atom stereocenters. The minimum atomic E-state index is -0.218. The van der Waals surface area contributed by atoms with Crippen LogP contribution in [0, 0.1) is 51.8 Å². The summed E-state index contributed by atoms with van der Waals surface area (Å²) in [6, 6.07) is 0. The van der Waals surface area contributed by atoms with Crippen LogP contribution in [-0.2, 0) is 14.3 Å². The molecule has 1 aliphatic heterocycles. The fraction of sp³-hybridized carbons (Fsp3) is 0.872. The predicted molar refractivity (Wildman–Crippen MR) is 174 cm³/mol. The Labute approximate surface area is 259 Å². The Balaban J connectivity index is 1.28. The average Bonchev–Trinajstić information content (AvgIpc) is 3.33. The summed E-state index contributed by atoms with van der Waals surface area (Å²) in [5, 5.41) is 0. The van der Waals surface area contributed by atoms with E-state index < -0.39 is 0 Å². The molecule has 3 heteroatoms. The van der Waals surface area contributed by atoms with Crippen LogP contribution in [0.4, 0.5) is 0 Å². The third kappa shape index (κ3) is 5.90. The number of hydrogen-bond acceptors (Lipinski definition) is 3. The van der Waals surface area contributed by atoms with E-state index in [0.29, 0.717) is 29.1 Å². The van der Waals surface area contributed by atoms with Crippen molar-refractivity contribution in [3.05, 3.63) is 23.0 Å². The Kier molecular flexibility index (Phi) is 9.67. The molecule has 1 heterocycles. The number of carbonyl (C=O) groups is 1. The maximum Gasteiger partial charge on any atom is 0.373 e. The maximum atomic E-state index is 13.4. The summed E-state index contributed by atoms with van der Waals surface area (Å²) in [6.45, 7) is 20.2. The minimum absolute atomic E-state index is 0.0237. The summed E-state index contributed by atoms with van der Waals surface area (Å²) >= 11 is 0. The molecule has 9 atom stereocenters. The smallest absolute Gasteiger partial charge is 0.373 e. The Bertz CT molecular complexity index is 1040. The first-order chi connectivity index (χ1) is 19.9. The van der Waals surface area contributed by atoms with E-state index >= 15 is 0 Å². The molecule has 0 saturated heterocycles. The molecule has 0 N–H and O–H groups in total. The standard InChI is InChI=1S/C39H64O3/c1-26(2)13-12-15-28(4)32-16-17-33-38(32,7)23-20-34-37(6)22-19-31(25-30(37)18-21-39(33,34)8)42-36(40)35-29(5)27(3)14-10-9-11-24-41-35/h18,26-28,31-34H,9-17,19-25H2,1-8H3/b35-29-/t27?,28-,31+,32-,33-,34-,37+,38-,39+/m1/s1. The second kappa shape index (κ2) is 12.6. The molecule has 0 aromatic heterocycles. The van der Waals surface area contributed by atoms with Crippen molar-refractivity contribution >= 4 is 5.97 Å². The van der Waals surface area contributed by atoms with Gasteiger partial charge in [-0.3, -0.25) is 0 Å². The van der Waals surface area contributed by atoms with Gasteiger partial charge in [-0.25, -0.2) is 4.79 Å². The molecule has 0 aromatic carbocycles. The van der Waals surface area contributed by atoms with E-state index in [1.165, 1.54) is 64.2 Å². The average molecular weight is 581 g/mol. The molecule has 3 nitrogen and oxygen atoms in total. The summed E-state index contributed by atoms with van der Waals surface area (Å²) in [5.74, 6) is 4.80. The van der Waals surface area contributed by atoms with E-state index in [9.17, 15) is 4.79 Å². The van der Waals surface area contributed by atoms with Crippen molar-refractivity contribution in [2.24, 2.45) is 51.8 Å². The van der Waals surface area contributed by atoms with E-state index in [-0.39, 0.29) is 17.5 Å². The monoisotopic (exact) mass is 580 g/mol. The summed E-state index contributed by atoms with van der Waals surface area (Å²) < 4.78 is 12.3. The number of hydrogen-bond donors (Lipinski definition) is 0. The van der Waals surface area contributed by atoms with Crippen LogP contribution < -0.4 is 0 Å². The van der Waals surface area contributed by atoms with E-state index in [2.05, 4.69) is 61.5 Å². The highest BCUT2D eigenvalue weighted by Gasteiger charge is 2.64. The molecular formula is C39H64O3. The number of allylic oxidation sites excluding steroid dienone is 2. The van der Waals surface area contributed by atoms with Gasteiger partial charge in [0.15, 0.2) is 0 Å². The van der Waals surface area contributed by atoms with Gasteiger partial charge >= 0.3 is 5.97 Å². The summed E-state index contributed by atoms with van der Waals surface area (Å²) in [7, 11) is 0. The largest absolute Gasteiger partial charge is 0.487 e. The summed E-state index contributed by atoms with van der Waals surface area (Å²) in [4.78, 5) is 13.4. The van der Waals surface area contributed by atoms with Gasteiger partial charge in [-0.1, -0.05) is 92.2 Å². The fourth-order valence-corrected chi connectivity index (χ4v) is 11.3. The SMILES string of the molecule is C/C1=C(\C(=O)O[C@H]2CC[C@@]3(C)C(=CC[C@@]4(C)[C@@H]5CC[C@H]([C@H](C)CCCC(C)C)[C@@]5(C)CC[C@@H]43)C2)OCCCCCC1C. The van der Waals surface area contributed by atoms with Gasteiger partial charge in [-0.05, 0) is 122 Å². The number of fused-ring (bicyclic) bond motifs is 5. The van der Waals surface area contributed by atoms with Crippen LogP contribution in [0.1, 0.15) is 152 Å². The first-order valence-corrected chi connectivity index (χ1v) is 18.1. The number of rotatable bonds is 7. The van der Waals surface area contributed by atoms with Crippen LogP contribution in [0.25, 0.3) is 0 Å². The van der Waals surface area contributed by atoms with Crippen molar-refractivity contribution in [3.8, 4) is 0 Å². The van der Waals surface area contributed by atoms with Gasteiger partial charge in [0.1, 0.15) is 6.10 Å².